The van der Waals surface area contributed by atoms with Crippen molar-refractivity contribution in [3.63, 3.8) is 0 Å². The summed E-state index contributed by atoms with van der Waals surface area (Å²) < 4.78 is 10.9. The maximum absolute atomic E-state index is 5.51. The number of aromatic amines is 1. The van der Waals surface area contributed by atoms with E-state index >= 15 is 0 Å². The summed E-state index contributed by atoms with van der Waals surface area (Å²) in [4.78, 5) is 3.63. The van der Waals surface area contributed by atoms with Gasteiger partial charge in [-0.2, -0.15) is 0 Å². The van der Waals surface area contributed by atoms with Crippen LogP contribution in [0.4, 0.5) is 0 Å². The first-order chi connectivity index (χ1) is 13.6. The molecule has 28 heavy (non-hydrogen) atoms. The second-order valence-electron chi connectivity index (χ2n) is 7.26. The molecule has 4 rings (SSSR count). The van der Waals surface area contributed by atoms with Crippen LogP contribution in [-0.4, -0.2) is 19.2 Å². The van der Waals surface area contributed by atoms with E-state index < -0.39 is 0 Å². The maximum atomic E-state index is 5.51. The molecule has 0 spiro atoms. The van der Waals surface area contributed by atoms with Gasteiger partial charge in [0, 0.05) is 16.5 Å². The minimum atomic E-state index is 0.378. The Hall–Kier alpha value is -3.20. The third-order valence-corrected chi connectivity index (χ3v) is 5.20. The van der Waals surface area contributed by atoms with Crippen LogP contribution in [0.25, 0.3) is 33.3 Å². The zero-order valence-electron chi connectivity index (χ0n) is 16.7. The highest BCUT2D eigenvalue weighted by Crippen LogP contribution is 2.40. The summed E-state index contributed by atoms with van der Waals surface area (Å²) in [6, 6.07) is 23.2. The van der Waals surface area contributed by atoms with Gasteiger partial charge in [0.2, 0.25) is 0 Å². The van der Waals surface area contributed by atoms with Crippen molar-refractivity contribution in [2.45, 2.75) is 19.8 Å². The molecular formula is C25H25NO2. The number of methoxy groups -OCH3 is 2. The van der Waals surface area contributed by atoms with Crippen LogP contribution in [0.15, 0.2) is 66.7 Å². The quantitative estimate of drug-likeness (QED) is 0.426. The van der Waals surface area contributed by atoms with Crippen LogP contribution in [-0.2, 0) is 0 Å². The third-order valence-electron chi connectivity index (χ3n) is 5.20. The highest BCUT2D eigenvalue weighted by Gasteiger charge is 2.18. The van der Waals surface area contributed by atoms with E-state index in [2.05, 4.69) is 67.4 Å². The van der Waals surface area contributed by atoms with Crippen molar-refractivity contribution < 1.29 is 9.47 Å². The smallest absolute Gasteiger partial charge is 0.161 e. The average molecular weight is 371 g/mol. The fourth-order valence-electron chi connectivity index (χ4n) is 3.84. The van der Waals surface area contributed by atoms with Crippen LogP contribution < -0.4 is 9.47 Å². The van der Waals surface area contributed by atoms with E-state index in [1.165, 1.54) is 22.1 Å². The van der Waals surface area contributed by atoms with Gasteiger partial charge in [-0.25, -0.2) is 0 Å². The summed E-state index contributed by atoms with van der Waals surface area (Å²) in [6.07, 6.45) is 0. The number of aromatic nitrogens is 1. The van der Waals surface area contributed by atoms with Gasteiger partial charge >= 0.3 is 0 Å². The Bertz CT molecular complexity index is 1110. The monoisotopic (exact) mass is 371 g/mol. The summed E-state index contributed by atoms with van der Waals surface area (Å²) in [7, 11) is 3.33. The molecule has 0 radical (unpaired) electrons. The minimum absolute atomic E-state index is 0.378. The molecule has 142 valence electrons. The second-order valence-corrected chi connectivity index (χ2v) is 7.26. The molecule has 3 aromatic carbocycles. The molecule has 0 aliphatic rings. The van der Waals surface area contributed by atoms with Gasteiger partial charge in [0.05, 0.1) is 19.9 Å². The number of benzene rings is 3. The Labute approximate surface area is 165 Å². The van der Waals surface area contributed by atoms with Crippen molar-refractivity contribution in [1.82, 2.24) is 4.98 Å². The maximum Gasteiger partial charge on any atom is 0.161 e. The molecule has 0 bridgehead atoms. The Balaban J connectivity index is 1.91. The predicted octanol–water partition coefficient (Wildman–Crippen LogP) is 6.64. The van der Waals surface area contributed by atoms with Gasteiger partial charge in [0.25, 0.3) is 0 Å². The number of fused-ring (bicyclic) bond motifs is 1. The molecule has 0 saturated carbocycles. The summed E-state index contributed by atoms with van der Waals surface area (Å²) in [6.45, 7) is 4.48. The van der Waals surface area contributed by atoms with E-state index in [4.69, 9.17) is 9.47 Å². The first-order valence-electron chi connectivity index (χ1n) is 9.55. The number of H-pyrrole nitrogens is 1. The molecular weight excluding hydrogens is 346 g/mol. The lowest BCUT2D eigenvalue weighted by Crippen LogP contribution is -1.93. The van der Waals surface area contributed by atoms with E-state index in [1.54, 1.807) is 14.2 Å². The fourth-order valence-corrected chi connectivity index (χ4v) is 3.84. The molecule has 1 heterocycles. The first-order valence-corrected chi connectivity index (χ1v) is 9.55. The molecule has 3 heteroatoms. The molecule has 0 fully saturated rings. The van der Waals surface area contributed by atoms with Crippen molar-refractivity contribution in [3.8, 4) is 33.9 Å². The van der Waals surface area contributed by atoms with E-state index in [1.807, 2.05) is 18.2 Å². The van der Waals surface area contributed by atoms with Gasteiger partial charge in [-0.05, 0) is 52.9 Å². The van der Waals surface area contributed by atoms with Gasteiger partial charge in [0.1, 0.15) is 0 Å². The lowest BCUT2D eigenvalue weighted by atomic mass is 9.94. The van der Waals surface area contributed by atoms with Crippen molar-refractivity contribution in [3.05, 3.63) is 72.3 Å². The average Bonchev–Trinajstić information content (AvgIpc) is 3.12. The Morgan fingerprint density at radius 3 is 2.11 bits per heavy atom. The van der Waals surface area contributed by atoms with E-state index in [0.717, 1.165) is 28.3 Å². The van der Waals surface area contributed by atoms with Gasteiger partial charge in [-0.1, -0.05) is 50.2 Å². The van der Waals surface area contributed by atoms with Crippen molar-refractivity contribution in [2.24, 2.45) is 0 Å². The summed E-state index contributed by atoms with van der Waals surface area (Å²) >= 11 is 0. The second kappa shape index (κ2) is 7.43. The molecule has 1 N–H and O–H groups in total. The first kappa shape index (κ1) is 18.2. The minimum Gasteiger partial charge on any atom is -0.493 e. The van der Waals surface area contributed by atoms with Crippen molar-refractivity contribution >= 4 is 10.9 Å². The molecule has 1 aromatic heterocycles. The van der Waals surface area contributed by atoms with Crippen LogP contribution in [0, 0.1) is 0 Å². The molecule has 4 aromatic rings. The number of ether oxygens (including phenoxy) is 2. The topological polar surface area (TPSA) is 34.2 Å². The van der Waals surface area contributed by atoms with Crippen molar-refractivity contribution in [2.75, 3.05) is 14.2 Å². The fraction of sp³-hybridized carbons (Fsp3) is 0.200. The van der Waals surface area contributed by atoms with Crippen LogP contribution in [0.2, 0.25) is 0 Å². The van der Waals surface area contributed by atoms with Crippen LogP contribution in [0.3, 0.4) is 0 Å². The largest absolute Gasteiger partial charge is 0.493 e. The lowest BCUT2D eigenvalue weighted by Gasteiger charge is -2.12. The van der Waals surface area contributed by atoms with Crippen molar-refractivity contribution in [1.29, 1.82) is 0 Å². The lowest BCUT2D eigenvalue weighted by molar-refractivity contribution is 0.355. The standard InChI is InChI=1S/C25H25NO2/c1-16(2)24-20-14-18(17-8-6-5-7-9-17)10-12-21(20)26-25(24)19-11-13-22(27-3)23(15-19)28-4/h5-16,26H,1-4H3. The predicted molar refractivity (Wildman–Crippen MR) is 116 cm³/mol. The number of nitrogens with one attached hydrogen (secondary N) is 1. The summed E-state index contributed by atoms with van der Waals surface area (Å²) in [5.74, 6) is 1.85. The van der Waals surface area contributed by atoms with E-state index in [0.29, 0.717) is 5.92 Å². The molecule has 0 aliphatic carbocycles. The molecule has 0 unspecified atom stereocenters. The zero-order chi connectivity index (χ0) is 19.7. The van der Waals surface area contributed by atoms with E-state index in [-0.39, 0.29) is 0 Å². The highest BCUT2D eigenvalue weighted by molar-refractivity contribution is 5.94. The van der Waals surface area contributed by atoms with E-state index in [9.17, 15) is 0 Å². The Morgan fingerprint density at radius 2 is 1.43 bits per heavy atom. The number of hydrogen-bond donors (Lipinski definition) is 1. The number of hydrogen-bond acceptors (Lipinski definition) is 2. The zero-order valence-corrected chi connectivity index (χ0v) is 16.7. The SMILES string of the molecule is COc1ccc(-c2[nH]c3ccc(-c4ccccc4)cc3c2C(C)C)cc1OC. The van der Waals surface area contributed by atoms with Crippen LogP contribution in [0.1, 0.15) is 25.3 Å². The Morgan fingerprint density at radius 1 is 0.714 bits per heavy atom. The molecule has 0 aliphatic heterocycles. The summed E-state index contributed by atoms with van der Waals surface area (Å²) in [5.41, 5.74) is 7.16. The molecule has 0 saturated heterocycles. The molecule has 0 atom stereocenters. The van der Waals surface area contributed by atoms with Gasteiger partial charge < -0.3 is 14.5 Å². The number of rotatable bonds is 5. The van der Waals surface area contributed by atoms with Crippen LogP contribution in [0.5, 0.6) is 11.5 Å². The normalized spacial score (nSPS) is 11.2. The van der Waals surface area contributed by atoms with Gasteiger partial charge in [-0.3, -0.25) is 0 Å². The summed E-state index contributed by atoms with van der Waals surface area (Å²) in [5, 5.41) is 1.26. The van der Waals surface area contributed by atoms with Crippen LogP contribution >= 0.6 is 0 Å². The van der Waals surface area contributed by atoms with Gasteiger partial charge in [-0.15, -0.1) is 0 Å². The molecule has 3 nitrogen and oxygen atoms in total. The molecule has 0 amide bonds. The van der Waals surface area contributed by atoms with Gasteiger partial charge in [0.15, 0.2) is 11.5 Å². The third kappa shape index (κ3) is 3.13. The highest BCUT2D eigenvalue weighted by atomic mass is 16.5. The Kier molecular flexibility index (Phi) is 4.82.